The molecule has 1 saturated carbocycles. The molecule has 0 saturated heterocycles. The molecule has 0 spiro atoms. The van der Waals surface area contributed by atoms with Gasteiger partial charge in [0.2, 0.25) is 5.82 Å². The van der Waals surface area contributed by atoms with Crippen molar-refractivity contribution in [2.45, 2.75) is 12.3 Å². The van der Waals surface area contributed by atoms with Crippen LogP contribution in [0.25, 0.3) is 0 Å². The molecule has 0 bridgehead atoms. The molecule has 4 nitrogen and oxygen atoms in total. The van der Waals surface area contributed by atoms with E-state index in [-0.39, 0.29) is 5.92 Å². The molecule has 1 aromatic carbocycles. The van der Waals surface area contributed by atoms with Gasteiger partial charge in [0.05, 0.1) is 4.92 Å². The molecule has 1 aliphatic rings. The fourth-order valence-corrected chi connectivity index (χ4v) is 1.82. The highest BCUT2D eigenvalue weighted by Gasteiger charge is 2.37. The Morgan fingerprint density at radius 2 is 2.33 bits per heavy atom. The molecule has 5 heteroatoms. The Labute approximate surface area is 86.0 Å². The second-order valence-electron chi connectivity index (χ2n) is 3.81. The normalized spacial score (nSPS) is 23.9. The summed E-state index contributed by atoms with van der Waals surface area (Å²) in [7, 11) is 0. The average molecular weight is 210 g/mol. The first-order chi connectivity index (χ1) is 7.13. The van der Waals surface area contributed by atoms with E-state index in [0.717, 1.165) is 12.0 Å². The van der Waals surface area contributed by atoms with Crippen LogP contribution in [-0.2, 0) is 0 Å². The van der Waals surface area contributed by atoms with E-state index in [9.17, 15) is 14.5 Å². The van der Waals surface area contributed by atoms with Crippen molar-refractivity contribution in [3.63, 3.8) is 0 Å². The predicted octanol–water partition coefficient (Wildman–Crippen LogP) is 1.80. The summed E-state index contributed by atoms with van der Waals surface area (Å²) in [4.78, 5) is 9.67. The highest BCUT2D eigenvalue weighted by molar-refractivity contribution is 5.38. The minimum atomic E-state index is -0.764. The summed E-state index contributed by atoms with van der Waals surface area (Å²) in [6.07, 6.45) is 0.952. The highest BCUT2D eigenvalue weighted by atomic mass is 19.1. The zero-order valence-electron chi connectivity index (χ0n) is 8.02. The molecule has 1 fully saturated rings. The van der Waals surface area contributed by atoms with Gasteiger partial charge in [-0.3, -0.25) is 10.1 Å². The van der Waals surface area contributed by atoms with Gasteiger partial charge in [0.15, 0.2) is 0 Å². The second kappa shape index (κ2) is 3.58. The monoisotopic (exact) mass is 210 g/mol. The Morgan fingerprint density at radius 1 is 1.60 bits per heavy atom. The van der Waals surface area contributed by atoms with Crippen molar-refractivity contribution in [1.29, 1.82) is 0 Å². The lowest BCUT2D eigenvalue weighted by Crippen LogP contribution is -2.02. The molecule has 2 N–H and O–H groups in total. The van der Waals surface area contributed by atoms with Gasteiger partial charge in [-0.1, -0.05) is 6.07 Å². The Kier molecular flexibility index (Phi) is 2.40. The SMILES string of the molecule is NC[C@@H]1C[C@H]1c1ccc([N+](=O)[O-])c(F)c1. The molecular formula is C10H11FN2O2. The van der Waals surface area contributed by atoms with Gasteiger partial charge >= 0.3 is 5.69 Å². The van der Waals surface area contributed by atoms with E-state index in [0.29, 0.717) is 12.5 Å². The maximum absolute atomic E-state index is 13.2. The predicted molar refractivity (Wildman–Crippen MR) is 53.0 cm³/mol. The number of hydrogen-bond donors (Lipinski definition) is 1. The zero-order chi connectivity index (χ0) is 11.0. The average Bonchev–Trinajstić information content (AvgIpc) is 2.95. The van der Waals surface area contributed by atoms with E-state index < -0.39 is 16.4 Å². The fraction of sp³-hybridized carbons (Fsp3) is 0.400. The third-order valence-electron chi connectivity index (χ3n) is 2.82. The lowest BCUT2D eigenvalue weighted by molar-refractivity contribution is -0.387. The van der Waals surface area contributed by atoms with Gasteiger partial charge in [-0.05, 0) is 36.4 Å². The number of halogens is 1. The highest BCUT2D eigenvalue weighted by Crippen LogP contribution is 2.47. The lowest BCUT2D eigenvalue weighted by atomic mass is 10.1. The Morgan fingerprint density at radius 3 is 2.80 bits per heavy atom. The van der Waals surface area contributed by atoms with E-state index in [1.807, 2.05) is 0 Å². The van der Waals surface area contributed by atoms with Crippen LogP contribution in [-0.4, -0.2) is 11.5 Å². The molecule has 0 amide bonds. The summed E-state index contributed by atoms with van der Waals surface area (Å²) in [5.74, 6) is -0.0728. The zero-order valence-corrected chi connectivity index (χ0v) is 8.02. The molecular weight excluding hydrogens is 199 g/mol. The van der Waals surface area contributed by atoms with E-state index in [4.69, 9.17) is 5.73 Å². The van der Waals surface area contributed by atoms with Crippen LogP contribution in [0.5, 0.6) is 0 Å². The standard InChI is InChI=1S/C10H11FN2O2/c11-9-4-6(8-3-7(8)5-12)1-2-10(9)13(14)15/h1-2,4,7-8H,3,5,12H2/t7-,8-/m0/s1. The fourth-order valence-electron chi connectivity index (χ4n) is 1.82. The Balaban J connectivity index is 2.23. The quantitative estimate of drug-likeness (QED) is 0.610. The molecule has 0 aromatic heterocycles. The van der Waals surface area contributed by atoms with Crippen LogP contribution in [0, 0.1) is 21.8 Å². The lowest BCUT2D eigenvalue weighted by Gasteiger charge is -2.00. The number of nitrogens with zero attached hydrogens (tertiary/aromatic N) is 1. The minimum Gasteiger partial charge on any atom is -0.330 e. The van der Waals surface area contributed by atoms with Crippen LogP contribution in [0.4, 0.5) is 10.1 Å². The van der Waals surface area contributed by atoms with Crippen LogP contribution >= 0.6 is 0 Å². The van der Waals surface area contributed by atoms with Crippen LogP contribution in [0.1, 0.15) is 17.9 Å². The van der Waals surface area contributed by atoms with Crippen molar-refractivity contribution >= 4 is 5.69 Å². The number of benzene rings is 1. The Hall–Kier alpha value is -1.49. The van der Waals surface area contributed by atoms with Gasteiger partial charge in [-0.15, -0.1) is 0 Å². The van der Waals surface area contributed by atoms with Gasteiger partial charge in [-0.2, -0.15) is 4.39 Å². The first-order valence-corrected chi connectivity index (χ1v) is 4.77. The van der Waals surface area contributed by atoms with Crippen molar-refractivity contribution < 1.29 is 9.31 Å². The molecule has 2 atom stereocenters. The van der Waals surface area contributed by atoms with Crippen LogP contribution < -0.4 is 5.73 Å². The molecule has 0 radical (unpaired) electrons. The van der Waals surface area contributed by atoms with Crippen molar-refractivity contribution in [1.82, 2.24) is 0 Å². The van der Waals surface area contributed by atoms with Gasteiger partial charge in [0.25, 0.3) is 0 Å². The molecule has 80 valence electrons. The Bertz CT molecular complexity index is 408. The maximum Gasteiger partial charge on any atom is 0.304 e. The van der Waals surface area contributed by atoms with Gasteiger partial charge < -0.3 is 5.73 Å². The van der Waals surface area contributed by atoms with E-state index in [2.05, 4.69) is 0 Å². The molecule has 0 aliphatic heterocycles. The third-order valence-corrected chi connectivity index (χ3v) is 2.82. The van der Waals surface area contributed by atoms with Crippen molar-refractivity contribution in [3.8, 4) is 0 Å². The number of hydrogen-bond acceptors (Lipinski definition) is 3. The maximum atomic E-state index is 13.2. The van der Waals surface area contributed by atoms with Crippen LogP contribution in [0.15, 0.2) is 18.2 Å². The number of nitro groups is 1. The summed E-state index contributed by atoms with van der Waals surface area (Å²) in [6.45, 7) is 0.587. The van der Waals surface area contributed by atoms with Crippen LogP contribution in [0.2, 0.25) is 0 Å². The second-order valence-corrected chi connectivity index (χ2v) is 3.81. The van der Waals surface area contributed by atoms with Gasteiger partial charge in [-0.25, -0.2) is 0 Å². The van der Waals surface area contributed by atoms with E-state index in [1.165, 1.54) is 12.1 Å². The molecule has 0 heterocycles. The molecule has 1 aliphatic carbocycles. The number of nitro benzene ring substituents is 1. The summed E-state index contributed by atoms with van der Waals surface area (Å²) in [6, 6.07) is 4.08. The number of nitrogens with two attached hydrogens (primary N) is 1. The van der Waals surface area contributed by atoms with Gasteiger partial charge in [0, 0.05) is 6.07 Å². The van der Waals surface area contributed by atoms with Crippen LogP contribution in [0.3, 0.4) is 0 Å². The summed E-state index contributed by atoms with van der Waals surface area (Å²) in [5.41, 5.74) is 5.82. The largest absolute Gasteiger partial charge is 0.330 e. The van der Waals surface area contributed by atoms with Crippen molar-refractivity contribution in [2.75, 3.05) is 6.54 Å². The first-order valence-electron chi connectivity index (χ1n) is 4.77. The summed E-state index contributed by atoms with van der Waals surface area (Å²) in [5, 5.41) is 10.4. The molecule has 0 unspecified atom stereocenters. The summed E-state index contributed by atoms with van der Waals surface area (Å²) < 4.78 is 13.2. The van der Waals surface area contributed by atoms with Crippen molar-refractivity contribution in [3.05, 3.63) is 39.7 Å². The molecule has 1 aromatic rings. The molecule has 15 heavy (non-hydrogen) atoms. The summed E-state index contributed by atoms with van der Waals surface area (Å²) >= 11 is 0. The van der Waals surface area contributed by atoms with Gasteiger partial charge in [0.1, 0.15) is 0 Å². The van der Waals surface area contributed by atoms with E-state index >= 15 is 0 Å². The smallest absolute Gasteiger partial charge is 0.304 e. The molecule has 2 rings (SSSR count). The number of rotatable bonds is 3. The van der Waals surface area contributed by atoms with Crippen molar-refractivity contribution in [2.24, 2.45) is 11.7 Å². The topological polar surface area (TPSA) is 69.2 Å². The third kappa shape index (κ3) is 1.83. The van der Waals surface area contributed by atoms with E-state index in [1.54, 1.807) is 6.07 Å². The minimum absolute atomic E-state index is 0.283. The first kappa shape index (κ1) is 10.0.